The average molecular weight is 355 g/mol. The highest BCUT2D eigenvalue weighted by atomic mass is 16.5. The monoisotopic (exact) mass is 355 g/mol. The minimum absolute atomic E-state index is 0.147. The van der Waals surface area contributed by atoms with E-state index < -0.39 is 0 Å². The summed E-state index contributed by atoms with van der Waals surface area (Å²) < 4.78 is 5.67. The van der Waals surface area contributed by atoms with Gasteiger partial charge in [-0.15, -0.1) is 0 Å². The van der Waals surface area contributed by atoms with Gasteiger partial charge in [-0.05, 0) is 50.4 Å². The van der Waals surface area contributed by atoms with E-state index in [1.54, 1.807) is 0 Å². The van der Waals surface area contributed by atoms with Gasteiger partial charge in [0.2, 0.25) is 5.91 Å². The maximum atomic E-state index is 12.4. The number of hydrogen-bond donors (Lipinski definition) is 2. The predicted octanol–water partition coefficient (Wildman–Crippen LogP) is 2.86. The van der Waals surface area contributed by atoms with Crippen molar-refractivity contribution in [3.8, 4) is 0 Å². The second-order valence-electron chi connectivity index (χ2n) is 7.59. The number of aryl methyl sites for hydroxylation is 1. The highest BCUT2D eigenvalue weighted by Gasteiger charge is 2.34. The van der Waals surface area contributed by atoms with Crippen molar-refractivity contribution in [1.29, 1.82) is 0 Å². The number of aromatic nitrogens is 1. The number of amides is 1. The van der Waals surface area contributed by atoms with Crippen molar-refractivity contribution in [2.45, 2.75) is 50.6 Å². The molecule has 2 saturated heterocycles. The summed E-state index contributed by atoms with van der Waals surface area (Å²) in [5, 5.41) is 4.50. The molecule has 5 heteroatoms. The Morgan fingerprint density at radius 2 is 2.04 bits per heavy atom. The summed E-state index contributed by atoms with van der Waals surface area (Å²) in [6, 6.07) is 8.83. The smallest absolute Gasteiger partial charge is 0.220 e. The van der Waals surface area contributed by atoms with Gasteiger partial charge in [0.1, 0.15) is 0 Å². The largest absolute Gasteiger partial charge is 0.378 e. The minimum atomic E-state index is 0.147. The lowest BCUT2D eigenvalue weighted by Gasteiger charge is -2.34. The van der Waals surface area contributed by atoms with Crippen molar-refractivity contribution in [3.05, 3.63) is 36.0 Å². The van der Waals surface area contributed by atoms with Gasteiger partial charge in [0.25, 0.3) is 0 Å². The van der Waals surface area contributed by atoms with Gasteiger partial charge in [-0.3, -0.25) is 9.69 Å². The molecule has 1 aromatic heterocycles. The lowest BCUT2D eigenvalue weighted by Crippen LogP contribution is -2.52. The topological polar surface area (TPSA) is 57.4 Å². The van der Waals surface area contributed by atoms with Crippen LogP contribution in [0, 0.1) is 0 Å². The van der Waals surface area contributed by atoms with Crippen molar-refractivity contribution in [3.63, 3.8) is 0 Å². The second-order valence-corrected chi connectivity index (χ2v) is 7.59. The number of nitrogens with zero attached hydrogens (tertiary/aromatic N) is 1. The van der Waals surface area contributed by atoms with Gasteiger partial charge in [0.05, 0.1) is 25.3 Å². The van der Waals surface area contributed by atoms with Gasteiger partial charge in [0, 0.05) is 23.5 Å². The standard InChI is InChI=1S/C21H29N3O2/c25-21(10-6-7-16-13-22-18-9-3-2-8-17(16)18)23-19-14-26-15-20(19)24-11-4-1-5-12-24/h2-3,8-9,13,19-20,22H,1,4-7,10-12,14-15H2,(H,23,25)/t19-,20-/m1/s1. The Kier molecular flexibility index (Phi) is 5.56. The summed E-state index contributed by atoms with van der Waals surface area (Å²) in [6.45, 7) is 3.68. The van der Waals surface area contributed by atoms with E-state index in [1.807, 2.05) is 6.07 Å². The second kappa shape index (κ2) is 8.23. The molecular weight excluding hydrogens is 326 g/mol. The molecule has 1 amide bonds. The fourth-order valence-corrected chi connectivity index (χ4v) is 4.35. The number of carbonyl (C=O) groups is 1. The van der Waals surface area contributed by atoms with Gasteiger partial charge in [-0.2, -0.15) is 0 Å². The lowest BCUT2D eigenvalue weighted by molar-refractivity contribution is -0.122. The minimum Gasteiger partial charge on any atom is -0.378 e. The quantitative estimate of drug-likeness (QED) is 0.838. The number of rotatable bonds is 6. The summed E-state index contributed by atoms with van der Waals surface area (Å²) in [4.78, 5) is 18.2. The molecule has 3 heterocycles. The highest BCUT2D eigenvalue weighted by molar-refractivity contribution is 5.83. The first-order valence-electron chi connectivity index (χ1n) is 9.97. The van der Waals surface area contributed by atoms with Gasteiger partial charge >= 0.3 is 0 Å². The zero-order valence-corrected chi connectivity index (χ0v) is 15.4. The van der Waals surface area contributed by atoms with E-state index in [9.17, 15) is 4.79 Å². The van der Waals surface area contributed by atoms with Crippen LogP contribution in [0.25, 0.3) is 10.9 Å². The number of fused-ring (bicyclic) bond motifs is 1. The van der Waals surface area contributed by atoms with E-state index in [-0.39, 0.29) is 11.9 Å². The molecule has 0 bridgehead atoms. The highest BCUT2D eigenvalue weighted by Crippen LogP contribution is 2.21. The fraction of sp³-hybridized carbons (Fsp3) is 0.571. The summed E-state index contributed by atoms with van der Waals surface area (Å²) in [5.41, 5.74) is 2.46. The number of para-hydroxylation sites is 1. The number of carbonyl (C=O) groups excluding carboxylic acids is 1. The summed E-state index contributed by atoms with van der Waals surface area (Å²) in [6.07, 6.45) is 8.30. The normalized spacial score (nSPS) is 24.2. The number of H-pyrrole nitrogens is 1. The zero-order valence-electron chi connectivity index (χ0n) is 15.4. The van der Waals surface area contributed by atoms with Gasteiger partial charge in [-0.25, -0.2) is 0 Å². The number of benzene rings is 1. The van der Waals surface area contributed by atoms with Crippen LogP contribution in [0.4, 0.5) is 0 Å². The van der Waals surface area contributed by atoms with Gasteiger partial charge in [0.15, 0.2) is 0 Å². The molecule has 2 aliphatic rings. The Morgan fingerprint density at radius 1 is 1.19 bits per heavy atom. The first-order chi connectivity index (χ1) is 12.8. The molecule has 0 spiro atoms. The van der Waals surface area contributed by atoms with Crippen molar-refractivity contribution < 1.29 is 9.53 Å². The Hall–Kier alpha value is -1.85. The Balaban J connectivity index is 1.26. The van der Waals surface area contributed by atoms with E-state index in [2.05, 4.69) is 39.6 Å². The van der Waals surface area contributed by atoms with Crippen LogP contribution in [0.5, 0.6) is 0 Å². The fourth-order valence-electron chi connectivity index (χ4n) is 4.35. The first kappa shape index (κ1) is 17.6. The third kappa shape index (κ3) is 3.94. The Bertz CT molecular complexity index is 736. The molecule has 26 heavy (non-hydrogen) atoms. The average Bonchev–Trinajstić information content (AvgIpc) is 3.30. The van der Waals surface area contributed by atoms with E-state index in [4.69, 9.17) is 4.74 Å². The van der Waals surface area contributed by atoms with Crippen molar-refractivity contribution in [2.24, 2.45) is 0 Å². The molecule has 0 radical (unpaired) electrons. The predicted molar refractivity (Wildman–Crippen MR) is 103 cm³/mol. The van der Waals surface area contributed by atoms with Crippen LogP contribution in [0.15, 0.2) is 30.5 Å². The van der Waals surface area contributed by atoms with E-state index in [1.165, 1.54) is 35.7 Å². The van der Waals surface area contributed by atoms with Crippen molar-refractivity contribution in [1.82, 2.24) is 15.2 Å². The van der Waals surface area contributed by atoms with Crippen molar-refractivity contribution in [2.75, 3.05) is 26.3 Å². The SMILES string of the molecule is O=C(CCCc1c[nH]c2ccccc12)N[C@@H]1COC[C@H]1N1CCCCC1. The Labute approximate surface area is 155 Å². The molecule has 0 saturated carbocycles. The molecular formula is C21H29N3O2. The lowest BCUT2D eigenvalue weighted by atomic mass is 10.0. The molecule has 5 nitrogen and oxygen atoms in total. The molecule has 2 aliphatic heterocycles. The molecule has 2 aromatic rings. The van der Waals surface area contributed by atoms with Crippen LogP contribution >= 0.6 is 0 Å². The van der Waals surface area contributed by atoms with Crippen LogP contribution in [-0.2, 0) is 16.0 Å². The summed E-state index contributed by atoms with van der Waals surface area (Å²) >= 11 is 0. The van der Waals surface area contributed by atoms with E-state index in [0.717, 1.165) is 32.5 Å². The van der Waals surface area contributed by atoms with Gasteiger partial charge in [-0.1, -0.05) is 24.6 Å². The molecule has 2 fully saturated rings. The van der Waals surface area contributed by atoms with Crippen LogP contribution in [0.1, 0.15) is 37.7 Å². The van der Waals surface area contributed by atoms with Crippen LogP contribution in [0.3, 0.4) is 0 Å². The molecule has 1 aromatic carbocycles. The molecule has 2 N–H and O–H groups in total. The first-order valence-corrected chi connectivity index (χ1v) is 9.97. The van der Waals surface area contributed by atoms with E-state index >= 15 is 0 Å². The number of nitrogens with one attached hydrogen (secondary N) is 2. The van der Waals surface area contributed by atoms with Crippen LogP contribution in [0.2, 0.25) is 0 Å². The Morgan fingerprint density at radius 3 is 2.92 bits per heavy atom. The molecule has 2 atom stereocenters. The molecule has 4 rings (SSSR count). The number of hydrogen-bond acceptors (Lipinski definition) is 3. The number of piperidine rings is 1. The van der Waals surface area contributed by atoms with Gasteiger partial charge < -0.3 is 15.0 Å². The maximum absolute atomic E-state index is 12.4. The zero-order chi connectivity index (χ0) is 17.8. The maximum Gasteiger partial charge on any atom is 0.220 e. The molecule has 140 valence electrons. The number of likely N-dealkylation sites (tertiary alicyclic amines) is 1. The van der Waals surface area contributed by atoms with E-state index in [0.29, 0.717) is 19.1 Å². The number of aromatic amines is 1. The summed E-state index contributed by atoms with van der Waals surface area (Å²) in [5.74, 6) is 0.155. The molecule has 0 unspecified atom stereocenters. The summed E-state index contributed by atoms with van der Waals surface area (Å²) in [7, 11) is 0. The third-order valence-corrected chi connectivity index (χ3v) is 5.78. The van der Waals surface area contributed by atoms with Crippen molar-refractivity contribution >= 4 is 16.8 Å². The number of ether oxygens (including phenoxy) is 1. The third-order valence-electron chi connectivity index (χ3n) is 5.78. The van der Waals surface area contributed by atoms with Crippen LogP contribution < -0.4 is 5.32 Å². The molecule has 0 aliphatic carbocycles. The van der Waals surface area contributed by atoms with Crippen LogP contribution in [-0.4, -0.2) is 54.2 Å².